The first-order valence-electron chi connectivity index (χ1n) is 7.11. The topological polar surface area (TPSA) is 55.3 Å². The quantitative estimate of drug-likeness (QED) is 0.939. The molecule has 3 heterocycles. The molecular weight excluding hydrogens is 306 g/mol. The lowest BCUT2D eigenvalue weighted by Gasteiger charge is -2.34. The summed E-state index contributed by atoms with van der Waals surface area (Å²) in [6.07, 6.45) is 1.07. The number of halogens is 1. The number of aromatic nitrogens is 1. The van der Waals surface area contributed by atoms with Crippen molar-refractivity contribution in [2.24, 2.45) is 11.7 Å². The Morgan fingerprint density at radius 3 is 3.00 bits per heavy atom. The van der Waals surface area contributed by atoms with Gasteiger partial charge in [0, 0.05) is 25.7 Å². The molecule has 1 saturated heterocycles. The summed E-state index contributed by atoms with van der Waals surface area (Å²) in [6.45, 7) is 7.17. The summed E-state index contributed by atoms with van der Waals surface area (Å²) < 4.78 is 5.80. The molecule has 0 amide bonds. The van der Waals surface area contributed by atoms with Gasteiger partial charge in [-0.2, -0.15) is 0 Å². The summed E-state index contributed by atoms with van der Waals surface area (Å²) in [5, 5.41) is 2.04. The second-order valence-corrected chi connectivity index (χ2v) is 6.61. The van der Waals surface area contributed by atoms with Crippen molar-refractivity contribution in [3.05, 3.63) is 29.0 Å². The number of likely N-dealkylation sites (tertiary alicyclic amines) is 1. The molecule has 116 valence electrons. The van der Waals surface area contributed by atoms with E-state index < -0.39 is 0 Å². The Kier molecular flexibility index (Phi) is 5.43. The van der Waals surface area contributed by atoms with Crippen LogP contribution in [0.2, 0.25) is 0 Å². The third-order valence-corrected chi connectivity index (χ3v) is 4.91. The highest BCUT2D eigenvalue weighted by atomic mass is 35.5. The monoisotopic (exact) mass is 327 g/mol. The number of oxazole rings is 1. The summed E-state index contributed by atoms with van der Waals surface area (Å²) in [7, 11) is 0. The van der Waals surface area contributed by atoms with Gasteiger partial charge in [-0.25, -0.2) is 4.98 Å². The maximum absolute atomic E-state index is 6.07. The summed E-state index contributed by atoms with van der Waals surface area (Å²) in [6, 6.07) is 4.40. The van der Waals surface area contributed by atoms with E-state index in [2.05, 4.69) is 16.8 Å². The Bertz CT molecular complexity index is 569. The fourth-order valence-electron chi connectivity index (χ4n) is 2.69. The second-order valence-electron chi connectivity index (χ2n) is 5.66. The van der Waals surface area contributed by atoms with Gasteiger partial charge in [0.05, 0.1) is 10.6 Å². The van der Waals surface area contributed by atoms with Crippen LogP contribution in [-0.2, 0) is 6.54 Å². The number of aryl methyl sites for hydroxylation is 1. The van der Waals surface area contributed by atoms with E-state index in [1.54, 1.807) is 11.3 Å². The molecule has 2 aromatic heterocycles. The van der Waals surface area contributed by atoms with Crippen LogP contribution in [-0.4, -0.2) is 29.0 Å². The van der Waals surface area contributed by atoms with Gasteiger partial charge in [-0.05, 0) is 30.7 Å². The Balaban J connectivity index is 0.00000161. The van der Waals surface area contributed by atoms with Crippen molar-refractivity contribution in [3.63, 3.8) is 0 Å². The van der Waals surface area contributed by atoms with E-state index in [-0.39, 0.29) is 12.4 Å². The Morgan fingerprint density at radius 1 is 1.52 bits per heavy atom. The molecule has 0 saturated carbocycles. The van der Waals surface area contributed by atoms with Crippen molar-refractivity contribution in [1.29, 1.82) is 0 Å². The minimum Gasteiger partial charge on any atom is -0.440 e. The lowest BCUT2D eigenvalue weighted by molar-refractivity contribution is 0.156. The van der Waals surface area contributed by atoms with E-state index in [1.807, 2.05) is 24.4 Å². The molecule has 0 radical (unpaired) electrons. The number of hydrogen-bond acceptors (Lipinski definition) is 5. The van der Waals surface area contributed by atoms with Gasteiger partial charge in [0.15, 0.2) is 0 Å². The third-order valence-electron chi connectivity index (χ3n) is 4.05. The Morgan fingerprint density at radius 2 is 2.33 bits per heavy atom. The molecule has 6 heteroatoms. The van der Waals surface area contributed by atoms with E-state index >= 15 is 0 Å². The average Bonchev–Trinajstić information content (AvgIpc) is 3.04. The maximum atomic E-state index is 6.07. The average molecular weight is 328 g/mol. The largest absolute Gasteiger partial charge is 0.440 e. The number of nitrogens with two attached hydrogens (primary N) is 1. The van der Waals surface area contributed by atoms with Crippen LogP contribution >= 0.6 is 23.7 Å². The van der Waals surface area contributed by atoms with E-state index in [1.165, 1.54) is 0 Å². The van der Waals surface area contributed by atoms with Crippen molar-refractivity contribution in [2.45, 2.75) is 32.9 Å². The number of piperidine rings is 1. The van der Waals surface area contributed by atoms with Crippen LogP contribution in [0, 0.1) is 12.8 Å². The summed E-state index contributed by atoms with van der Waals surface area (Å²) in [4.78, 5) is 8.18. The summed E-state index contributed by atoms with van der Waals surface area (Å²) in [5.41, 5.74) is 7.12. The lowest BCUT2D eigenvalue weighted by atomic mass is 9.95. The van der Waals surface area contributed by atoms with E-state index in [9.17, 15) is 0 Å². The molecule has 0 aromatic carbocycles. The molecule has 2 aromatic rings. The Hall–Kier alpha value is -0.880. The highest BCUT2D eigenvalue weighted by molar-refractivity contribution is 7.13. The predicted molar refractivity (Wildman–Crippen MR) is 88.8 cm³/mol. The smallest absolute Gasteiger partial charge is 0.236 e. The van der Waals surface area contributed by atoms with Crippen molar-refractivity contribution in [2.75, 3.05) is 13.1 Å². The van der Waals surface area contributed by atoms with Gasteiger partial charge >= 0.3 is 0 Å². The van der Waals surface area contributed by atoms with Crippen LogP contribution in [0.15, 0.2) is 21.9 Å². The van der Waals surface area contributed by atoms with Gasteiger partial charge in [0.1, 0.15) is 5.76 Å². The molecule has 0 bridgehead atoms. The van der Waals surface area contributed by atoms with Gasteiger partial charge in [-0.3, -0.25) is 4.90 Å². The van der Waals surface area contributed by atoms with Gasteiger partial charge in [0.25, 0.3) is 0 Å². The van der Waals surface area contributed by atoms with E-state index in [0.717, 1.165) is 48.3 Å². The molecule has 2 atom stereocenters. The highest BCUT2D eigenvalue weighted by Crippen LogP contribution is 2.27. The fraction of sp³-hybridized carbons (Fsp3) is 0.533. The van der Waals surface area contributed by atoms with Gasteiger partial charge in [0.2, 0.25) is 5.89 Å². The van der Waals surface area contributed by atoms with Crippen LogP contribution in [0.1, 0.15) is 24.8 Å². The van der Waals surface area contributed by atoms with Gasteiger partial charge < -0.3 is 10.2 Å². The van der Waals surface area contributed by atoms with Crippen LogP contribution in [0.3, 0.4) is 0 Å². The van der Waals surface area contributed by atoms with Crippen LogP contribution in [0.25, 0.3) is 10.8 Å². The number of thiophene rings is 1. The highest BCUT2D eigenvalue weighted by Gasteiger charge is 2.24. The predicted octanol–water partition coefficient (Wildman–Crippen LogP) is 3.30. The van der Waals surface area contributed by atoms with Crippen molar-refractivity contribution in [1.82, 2.24) is 9.88 Å². The normalized spacial score (nSPS) is 23.0. The molecule has 3 rings (SSSR count). The lowest BCUT2D eigenvalue weighted by Crippen LogP contribution is -2.45. The maximum Gasteiger partial charge on any atom is 0.236 e. The third kappa shape index (κ3) is 3.66. The van der Waals surface area contributed by atoms with Gasteiger partial charge in [-0.15, -0.1) is 23.7 Å². The van der Waals surface area contributed by atoms with Crippen LogP contribution in [0.5, 0.6) is 0 Å². The molecule has 1 fully saturated rings. The van der Waals surface area contributed by atoms with Crippen LogP contribution in [0.4, 0.5) is 0 Å². The molecular formula is C15H22ClN3OS. The first kappa shape index (κ1) is 16.5. The minimum atomic E-state index is 0. The van der Waals surface area contributed by atoms with Crippen molar-refractivity contribution >= 4 is 23.7 Å². The molecule has 0 spiro atoms. The molecule has 4 nitrogen and oxygen atoms in total. The molecule has 1 aliphatic rings. The number of hydrogen-bond donors (Lipinski definition) is 1. The van der Waals surface area contributed by atoms with Crippen molar-refractivity contribution in [3.8, 4) is 10.8 Å². The second kappa shape index (κ2) is 6.92. The molecule has 1 aliphatic heterocycles. The van der Waals surface area contributed by atoms with E-state index in [4.69, 9.17) is 10.2 Å². The minimum absolute atomic E-state index is 0. The molecule has 2 unspecified atom stereocenters. The standard InChI is InChI=1S/C15H21N3OS.ClH/c1-10-8-18(6-5-12(10)16)9-13-11(2)19-15(17-13)14-4-3-7-20-14;/h3-4,7,10,12H,5-6,8-9,16H2,1-2H3;1H. The first-order valence-corrected chi connectivity index (χ1v) is 7.99. The Labute approximate surface area is 135 Å². The molecule has 0 aliphatic carbocycles. The molecule has 2 N–H and O–H groups in total. The molecule has 21 heavy (non-hydrogen) atoms. The van der Waals surface area contributed by atoms with Crippen molar-refractivity contribution < 1.29 is 4.42 Å². The fourth-order valence-corrected chi connectivity index (χ4v) is 3.33. The number of nitrogens with zero attached hydrogens (tertiary/aromatic N) is 2. The summed E-state index contributed by atoms with van der Waals surface area (Å²) in [5.74, 6) is 2.22. The van der Waals surface area contributed by atoms with Gasteiger partial charge in [-0.1, -0.05) is 13.0 Å². The van der Waals surface area contributed by atoms with Crippen LogP contribution < -0.4 is 5.73 Å². The summed E-state index contributed by atoms with van der Waals surface area (Å²) >= 11 is 1.66. The van der Waals surface area contributed by atoms with E-state index in [0.29, 0.717) is 12.0 Å². The zero-order valence-electron chi connectivity index (χ0n) is 12.4. The SMILES string of the molecule is Cc1oc(-c2cccs2)nc1CN1CCC(N)C(C)C1.Cl. The zero-order chi connectivity index (χ0) is 14.1. The zero-order valence-corrected chi connectivity index (χ0v) is 14.0. The number of rotatable bonds is 3. The first-order chi connectivity index (χ1) is 9.63.